The van der Waals surface area contributed by atoms with Gasteiger partial charge < -0.3 is 9.67 Å². The molecule has 0 aliphatic rings. The highest BCUT2D eigenvalue weighted by Gasteiger charge is 2.13. The van der Waals surface area contributed by atoms with Gasteiger partial charge in [0.15, 0.2) is 0 Å². The molecule has 0 bridgehead atoms. The summed E-state index contributed by atoms with van der Waals surface area (Å²) >= 11 is 3.43. The first-order chi connectivity index (χ1) is 9.65. The van der Waals surface area contributed by atoms with Crippen LogP contribution in [0.1, 0.15) is 17.5 Å². The maximum absolute atomic E-state index is 10.4. The summed E-state index contributed by atoms with van der Waals surface area (Å²) in [6, 6.07) is 15.8. The van der Waals surface area contributed by atoms with E-state index in [-0.39, 0.29) is 0 Å². The van der Waals surface area contributed by atoms with Gasteiger partial charge in [-0.1, -0.05) is 40.2 Å². The number of hydrogen-bond donors (Lipinski definition) is 1. The minimum atomic E-state index is -0.552. The molecule has 1 aromatic heterocycles. The monoisotopic (exact) mass is 330 g/mol. The Kier molecular flexibility index (Phi) is 3.59. The zero-order valence-electron chi connectivity index (χ0n) is 11.1. The molecule has 3 rings (SSSR count). The van der Waals surface area contributed by atoms with Crippen LogP contribution < -0.4 is 0 Å². The molecule has 0 aliphatic carbocycles. The number of imidazole rings is 1. The van der Waals surface area contributed by atoms with Crippen LogP contribution in [0.4, 0.5) is 0 Å². The third-order valence-corrected chi connectivity index (χ3v) is 3.93. The Balaban J connectivity index is 1.95. The highest BCUT2D eigenvalue weighted by Crippen LogP contribution is 2.23. The van der Waals surface area contributed by atoms with E-state index < -0.39 is 6.10 Å². The van der Waals surface area contributed by atoms with E-state index in [1.165, 1.54) is 0 Å². The summed E-state index contributed by atoms with van der Waals surface area (Å²) in [6.45, 7) is 2.47. The van der Waals surface area contributed by atoms with Crippen molar-refractivity contribution < 1.29 is 5.11 Å². The van der Waals surface area contributed by atoms with Crippen molar-refractivity contribution in [1.29, 1.82) is 0 Å². The Morgan fingerprint density at radius 3 is 2.80 bits per heavy atom. The summed E-state index contributed by atoms with van der Waals surface area (Å²) < 4.78 is 3.03. The van der Waals surface area contributed by atoms with Gasteiger partial charge in [-0.2, -0.15) is 0 Å². The SMILES string of the molecule is Cc1nc2ccccc2n1CC(O)c1cccc(Br)c1. The maximum atomic E-state index is 10.4. The molecular weight excluding hydrogens is 316 g/mol. The van der Waals surface area contributed by atoms with Gasteiger partial charge in [-0.3, -0.25) is 0 Å². The second-order valence-electron chi connectivity index (χ2n) is 4.83. The first kappa shape index (κ1) is 13.3. The fourth-order valence-electron chi connectivity index (χ4n) is 2.42. The van der Waals surface area contributed by atoms with Crippen LogP contribution in [0.2, 0.25) is 0 Å². The van der Waals surface area contributed by atoms with E-state index in [1.807, 2.05) is 55.5 Å². The number of rotatable bonds is 3. The highest BCUT2D eigenvalue weighted by molar-refractivity contribution is 9.10. The Hall–Kier alpha value is -1.65. The number of halogens is 1. The lowest BCUT2D eigenvalue weighted by atomic mass is 10.1. The average Bonchev–Trinajstić information content (AvgIpc) is 2.75. The van der Waals surface area contributed by atoms with Gasteiger partial charge in [0.2, 0.25) is 0 Å². The predicted molar refractivity (Wildman–Crippen MR) is 83.6 cm³/mol. The molecule has 3 aromatic rings. The van der Waals surface area contributed by atoms with E-state index in [9.17, 15) is 5.11 Å². The minimum Gasteiger partial charge on any atom is -0.387 e. The molecule has 1 unspecified atom stereocenters. The van der Waals surface area contributed by atoms with E-state index >= 15 is 0 Å². The number of hydrogen-bond acceptors (Lipinski definition) is 2. The fourth-order valence-corrected chi connectivity index (χ4v) is 2.84. The lowest BCUT2D eigenvalue weighted by Crippen LogP contribution is -2.10. The number of aliphatic hydroxyl groups excluding tert-OH is 1. The van der Waals surface area contributed by atoms with Gasteiger partial charge in [0.1, 0.15) is 5.82 Å². The van der Waals surface area contributed by atoms with Crippen LogP contribution in [-0.2, 0) is 6.54 Å². The van der Waals surface area contributed by atoms with Crippen LogP contribution in [0, 0.1) is 6.92 Å². The lowest BCUT2D eigenvalue weighted by Gasteiger charge is -2.14. The second kappa shape index (κ2) is 5.38. The molecule has 0 fully saturated rings. The van der Waals surface area contributed by atoms with Gasteiger partial charge in [-0.15, -0.1) is 0 Å². The molecule has 0 amide bonds. The largest absolute Gasteiger partial charge is 0.387 e. The molecule has 102 valence electrons. The number of nitrogens with zero attached hydrogens (tertiary/aromatic N) is 2. The number of para-hydroxylation sites is 2. The summed E-state index contributed by atoms with van der Waals surface area (Å²) in [5.41, 5.74) is 2.92. The first-order valence-corrected chi connectivity index (χ1v) is 7.30. The summed E-state index contributed by atoms with van der Waals surface area (Å²) in [5.74, 6) is 0.917. The molecule has 1 N–H and O–H groups in total. The van der Waals surface area contributed by atoms with Crippen LogP contribution in [0.15, 0.2) is 53.0 Å². The molecule has 0 saturated heterocycles. The third kappa shape index (κ3) is 2.49. The number of benzene rings is 2. The predicted octanol–water partition coefficient (Wildman–Crippen LogP) is 3.84. The van der Waals surface area contributed by atoms with Crippen molar-refractivity contribution >= 4 is 27.0 Å². The zero-order valence-corrected chi connectivity index (χ0v) is 12.7. The summed E-state index contributed by atoms with van der Waals surface area (Å²) in [4.78, 5) is 4.52. The van der Waals surface area contributed by atoms with Crippen LogP contribution in [0.25, 0.3) is 11.0 Å². The smallest absolute Gasteiger partial charge is 0.106 e. The van der Waals surface area contributed by atoms with Crippen molar-refractivity contribution in [3.8, 4) is 0 Å². The molecular formula is C16H15BrN2O. The summed E-state index contributed by atoms with van der Waals surface area (Å²) in [6.07, 6.45) is -0.552. The van der Waals surface area contributed by atoms with Crippen LogP contribution in [0.5, 0.6) is 0 Å². The van der Waals surface area contributed by atoms with Crippen LogP contribution >= 0.6 is 15.9 Å². The Labute approximate surface area is 126 Å². The Bertz CT molecular complexity index is 751. The zero-order chi connectivity index (χ0) is 14.1. The molecule has 0 spiro atoms. The van der Waals surface area contributed by atoms with E-state index in [0.29, 0.717) is 6.54 Å². The normalized spacial score (nSPS) is 12.8. The summed E-state index contributed by atoms with van der Waals surface area (Å²) in [7, 11) is 0. The van der Waals surface area contributed by atoms with Crippen molar-refractivity contribution in [1.82, 2.24) is 9.55 Å². The number of aryl methyl sites for hydroxylation is 1. The van der Waals surface area contributed by atoms with Gasteiger partial charge in [0, 0.05) is 4.47 Å². The van der Waals surface area contributed by atoms with Crippen molar-refractivity contribution in [3.63, 3.8) is 0 Å². The van der Waals surface area contributed by atoms with E-state index in [1.54, 1.807) is 0 Å². The molecule has 2 aromatic carbocycles. The van der Waals surface area contributed by atoms with E-state index in [0.717, 1.165) is 26.9 Å². The lowest BCUT2D eigenvalue weighted by molar-refractivity contribution is 0.157. The molecule has 3 nitrogen and oxygen atoms in total. The van der Waals surface area contributed by atoms with Crippen LogP contribution in [0.3, 0.4) is 0 Å². The van der Waals surface area contributed by atoms with Crippen molar-refractivity contribution in [2.75, 3.05) is 0 Å². The number of fused-ring (bicyclic) bond motifs is 1. The molecule has 0 radical (unpaired) electrons. The Morgan fingerprint density at radius 1 is 1.20 bits per heavy atom. The molecule has 1 heterocycles. The highest BCUT2D eigenvalue weighted by atomic mass is 79.9. The number of aliphatic hydroxyl groups is 1. The van der Waals surface area contributed by atoms with Gasteiger partial charge in [-0.25, -0.2) is 4.98 Å². The van der Waals surface area contributed by atoms with E-state index in [4.69, 9.17) is 0 Å². The van der Waals surface area contributed by atoms with Crippen molar-refractivity contribution in [3.05, 3.63) is 64.4 Å². The fraction of sp³-hybridized carbons (Fsp3) is 0.188. The number of aromatic nitrogens is 2. The first-order valence-electron chi connectivity index (χ1n) is 6.50. The molecule has 0 aliphatic heterocycles. The van der Waals surface area contributed by atoms with Gasteiger partial charge in [0.05, 0.1) is 23.7 Å². The van der Waals surface area contributed by atoms with Crippen LogP contribution in [-0.4, -0.2) is 14.7 Å². The molecule has 0 saturated carbocycles. The van der Waals surface area contributed by atoms with Gasteiger partial charge >= 0.3 is 0 Å². The average molecular weight is 331 g/mol. The molecule has 1 atom stereocenters. The van der Waals surface area contributed by atoms with Gasteiger partial charge in [0.25, 0.3) is 0 Å². The minimum absolute atomic E-state index is 0.503. The topological polar surface area (TPSA) is 38.0 Å². The van der Waals surface area contributed by atoms with Crippen molar-refractivity contribution in [2.45, 2.75) is 19.6 Å². The van der Waals surface area contributed by atoms with Crippen molar-refractivity contribution in [2.24, 2.45) is 0 Å². The summed E-state index contributed by atoms with van der Waals surface area (Å²) in [5, 5.41) is 10.4. The second-order valence-corrected chi connectivity index (χ2v) is 5.74. The molecule has 4 heteroatoms. The van der Waals surface area contributed by atoms with Gasteiger partial charge in [-0.05, 0) is 36.8 Å². The van der Waals surface area contributed by atoms with E-state index in [2.05, 4.69) is 25.5 Å². The standard InChI is InChI=1S/C16H15BrN2O/c1-11-18-14-7-2-3-8-15(14)19(11)10-16(20)12-5-4-6-13(17)9-12/h2-9,16,20H,10H2,1H3. The Morgan fingerprint density at radius 2 is 2.00 bits per heavy atom. The maximum Gasteiger partial charge on any atom is 0.106 e. The third-order valence-electron chi connectivity index (χ3n) is 3.43. The molecule has 20 heavy (non-hydrogen) atoms. The quantitative estimate of drug-likeness (QED) is 0.792.